The fourth-order valence-electron chi connectivity index (χ4n) is 3.98. The van der Waals surface area contributed by atoms with Gasteiger partial charge in [0.25, 0.3) is 0 Å². The topological polar surface area (TPSA) is 35.5 Å². The maximum atomic E-state index is 12.7. The summed E-state index contributed by atoms with van der Waals surface area (Å²) in [6, 6.07) is 12.7. The van der Waals surface area contributed by atoms with E-state index < -0.39 is 0 Å². The number of hydrogen-bond acceptors (Lipinski definition) is 3. The van der Waals surface area contributed by atoms with E-state index in [9.17, 15) is 4.79 Å². The SMILES string of the molecule is COC(=O)C(CC(C)(C)C)c1c(C)cccc1-c1ccc2c(c1)CCCO2. The van der Waals surface area contributed by atoms with Gasteiger partial charge in [-0.1, -0.05) is 45.0 Å². The summed E-state index contributed by atoms with van der Waals surface area (Å²) in [5, 5.41) is 0. The predicted octanol–water partition coefficient (Wildman–Crippen LogP) is 5.68. The Labute approximate surface area is 162 Å². The van der Waals surface area contributed by atoms with Crippen molar-refractivity contribution < 1.29 is 14.3 Å². The molecule has 1 aliphatic rings. The van der Waals surface area contributed by atoms with Gasteiger partial charge in [0, 0.05) is 0 Å². The summed E-state index contributed by atoms with van der Waals surface area (Å²) in [5.41, 5.74) is 5.72. The third-order valence-electron chi connectivity index (χ3n) is 5.19. The van der Waals surface area contributed by atoms with Crippen molar-refractivity contribution in [3.05, 3.63) is 53.1 Å². The lowest BCUT2D eigenvalue weighted by Crippen LogP contribution is -2.22. The van der Waals surface area contributed by atoms with E-state index >= 15 is 0 Å². The highest BCUT2D eigenvalue weighted by Crippen LogP contribution is 2.40. The van der Waals surface area contributed by atoms with Gasteiger partial charge in [0.2, 0.25) is 0 Å². The minimum atomic E-state index is -0.279. The summed E-state index contributed by atoms with van der Waals surface area (Å²) < 4.78 is 11.0. The Hall–Kier alpha value is -2.29. The summed E-state index contributed by atoms with van der Waals surface area (Å²) in [5.74, 6) is 0.540. The van der Waals surface area contributed by atoms with Gasteiger partial charge in [0.1, 0.15) is 5.75 Å². The predicted molar refractivity (Wildman–Crippen MR) is 109 cm³/mol. The van der Waals surface area contributed by atoms with Crippen LogP contribution >= 0.6 is 0 Å². The zero-order valence-corrected chi connectivity index (χ0v) is 17.1. The number of hydrogen-bond donors (Lipinski definition) is 0. The van der Waals surface area contributed by atoms with E-state index in [4.69, 9.17) is 9.47 Å². The van der Waals surface area contributed by atoms with E-state index in [0.29, 0.717) is 0 Å². The first-order valence-corrected chi connectivity index (χ1v) is 9.73. The summed E-state index contributed by atoms with van der Waals surface area (Å²) >= 11 is 0. The molecule has 2 aromatic carbocycles. The molecule has 0 fully saturated rings. The van der Waals surface area contributed by atoms with Gasteiger partial charge in [-0.25, -0.2) is 0 Å². The molecule has 1 atom stereocenters. The molecule has 0 N–H and O–H groups in total. The van der Waals surface area contributed by atoms with E-state index in [-0.39, 0.29) is 17.3 Å². The average Bonchev–Trinajstić information content (AvgIpc) is 2.64. The van der Waals surface area contributed by atoms with Gasteiger partial charge in [-0.3, -0.25) is 4.79 Å². The highest BCUT2D eigenvalue weighted by atomic mass is 16.5. The summed E-state index contributed by atoms with van der Waals surface area (Å²) in [4.78, 5) is 12.7. The minimum Gasteiger partial charge on any atom is -0.493 e. The number of benzene rings is 2. The number of carbonyl (C=O) groups is 1. The Morgan fingerprint density at radius 3 is 2.70 bits per heavy atom. The van der Waals surface area contributed by atoms with Crippen LogP contribution in [0.3, 0.4) is 0 Å². The maximum Gasteiger partial charge on any atom is 0.313 e. The van der Waals surface area contributed by atoms with E-state index in [1.807, 2.05) is 0 Å². The highest BCUT2D eigenvalue weighted by Gasteiger charge is 2.30. The molecule has 0 saturated heterocycles. The standard InChI is InChI=1S/C24H30O3/c1-16-8-6-10-19(17-11-12-21-18(14-17)9-7-13-27-21)22(16)20(23(25)26-5)15-24(2,3)4/h6,8,10-12,14,20H,7,9,13,15H2,1-5H3. The number of carbonyl (C=O) groups excluding carboxylic acids is 1. The van der Waals surface area contributed by atoms with Crippen molar-refractivity contribution in [1.29, 1.82) is 0 Å². The molecule has 1 unspecified atom stereocenters. The summed E-state index contributed by atoms with van der Waals surface area (Å²) in [6.45, 7) is 9.36. The molecule has 0 amide bonds. The summed E-state index contributed by atoms with van der Waals surface area (Å²) in [6.07, 6.45) is 2.82. The van der Waals surface area contributed by atoms with Crippen LogP contribution in [-0.4, -0.2) is 19.7 Å². The zero-order valence-electron chi connectivity index (χ0n) is 17.1. The van der Waals surface area contributed by atoms with Crippen LogP contribution in [0.2, 0.25) is 0 Å². The smallest absolute Gasteiger partial charge is 0.313 e. The Morgan fingerprint density at radius 1 is 1.22 bits per heavy atom. The molecule has 3 nitrogen and oxygen atoms in total. The van der Waals surface area contributed by atoms with Crippen LogP contribution in [0.15, 0.2) is 36.4 Å². The molecule has 2 aromatic rings. The molecular formula is C24H30O3. The Morgan fingerprint density at radius 2 is 2.00 bits per heavy atom. The quantitative estimate of drug-likeness (QED) is 0.653. The van der Waals surface area contributed by atoms with Gasteiger partial charge in [-0.15, -0.1) is 0 Å². The lowest BCUT2D eigenvalue weighted by atomic mass is 9.77. The van der Waals surface area contributed by atoms with Crippen LogP contribution in [0, 0.1) is 12.3 Å². The second-order valence-corrected chi connectivity index (χ2v) is 8.65. The molecular weight excluding hydrogens is 336 g/mol. The third-order valence-corrected chi connectivity index (χ3v) is 5.19. The third kappa shape index (κ3) is 4.35. The fourth-order valence-corrected chi connectivity index (χ4v) is 3.98. The van der Waals surface area contributed by atoms with E-state index in [2.05, 4.69) is 64.1 Å². The van der Waals surface area contributed by atoms with E-state index in [1.54, 1.807) is 0 Å². The minimum absolute atomic E-state index is 0.0160. The molecule has 3 heteroatoms. The van der Waals surface area contributed by atoms with E-state index in [1.165, 1.54) is 12.7 Å². The van der Waals surface area contributed by atoms with Gasteiger partial charge >= 0.3 is 5.97 Å². The first-order chi connectivity index (χ1) is 12.8. The van der Waals surface area contributed by atoms with Gasteiger partial charge in [-0.05, 0) is 71.6 Å². The van der Waals surface area contributed by atoms with Crippen LogP contribution in [0.25, 0.3) is 11.1 Å². The lowest BCUT2D eigenvalue weighted by Gasteiger charge is -2.28. The van der Waals surface area contributed by atoms with Crippen LogP contribution < -0.4 is 4.74 Å². The van der Waals surface area contributed by atoms with Crippen molar-refractivity contribution in [1.82, 2.24) is 0 Å². The number of aryl methyl sites for hydroxylation is 2. The fraction of sp³-hybridized carbons (Fsp3) is 0.458. The molecule has 0 spiro atoms. The number of fused-ring (bicyclic) bond motifs is 1. The Balaban J connectivity index is 2.12. The number of rotatable bonds is 4. The lowest BCUT2D eigenvalue weighted by molar-refractivity contribution is -0.143. The molecule has 1 aliphatic heterocycles. The Bertz CT molecular complexity index is 830. The van der Waals surface area contributed by atoms with Crippen molar-refractivity contribution in [2.24, 2.45) is 5.41 Å². The second kappa shape index (κ2) is 7.75. The first kappa shape index (κ1) is 19.5. The largest absolute Gasteiger partial charge is 0.493 e. The molecule has 3 rings (SSSR count). The normalized spacial score (nSPS) is 14.9. The molecule has 0 aliphatic carbocycles. The van der Waals surface area contributed by atoms with Crippen LogP contribution in [0.4, 0.5) is 0 Å². The van der Waals surface area contributed by atoms with Crippen molar-refractivity contribution >= 4 is 5.97 Å². The first-order valence-electron chi connectivity index (χ1n) is 9.73. The van der Waals surface area contributed by atoms with Crippen LogP contribution in [-0.2, 0) is 16.0 Å². The van der Waals surface area contributed by atoms with Gasteiger partial charge < -0.3 is 9.47 Å². The van der Waals surface area contributed by atoms with E-state index in [0.717, 1.165) is 53.9 Å². The van der Waals surface area contributed by atoms with Crippen molar-refractivity contribution in [2.75, 3.05) is 13.7 Å². The average molecular weight is 367 g/mol. The molecule has 0 bridgehead atoms. The van der Waals surface area contributed by atoms with Crippen LogP contribution in [0.5, 0.6) is 5.75 Å². The Kier molecular flexibility index (Phi) is 5.59. The number of methoxy groups -OCH3 is 1. The van der Waals surface area contributed by atoms with Crippen LogP contribution in [0.1, 0.15) is 56.2 Å². The molecule has 0 radical (unpaired) electrons. The number of esters is 1. The maximum absolute atomic E-state index is 12.7. The van der Waals surface area contributed by atoms with Gasteiger partial charge in [0.05, 0.1) is 19.6 Å². The molecule has 1 heterocycles. The summed E-state index contributed by atoms with van der Waals surface area (Å²) in [7, 11) is 1.48. The molecule has 0 aromatic heterocycles. The molecule has 144 valence electrons. The number of ether oxygens (including phenoxy) is 2. The zero-order chi connectivity index (χ0) is 19.6. The molecule has 27 heavy (non-hydrogen) atoms. The molecule has 0 saturated carbocycles. The van der Waals surface area contributed by atoms with Crippen molar-refractivity contribution in [3.8, 4) is 16.9 Å². The van der Waals surface area contributed by atoms with Crippen molar-refractivity contribution in [3.63, 3.8) is 0 Å². The highest BCUT2D eigenvalue weighted by molar-refractivity contribution is 5.83. The van der Waals surface area contributed by atoms with Crippen molar-refractivity contribution in [2.45, 2.75) is 52.9 Å². The van der Waals surface area contributed by atoms with Gasteiger partial charge in [0.15, 0.2) is 0 Å². The monoisotopic (exact) mass is 366 g/mol. The van der Waals surface area contributed by atoms with Gasteiger partial charge in [-0.2, -0.15) is 0 Å². The second-order valence-electron chi connectivity index (χ2n) is 8.65.